The first-order chi connectivity index (χ1) is 17.5. The second-order valence-electron chi connectivity index (χ2n) is 8.35. The van der Waals surface area contributed by atoms with Crippen LogP contribution in [0.5, 0.6) is 0 Å². The zero-order chi connectivity index (χ0) is 25.8. The number of methoxy groups -OCH3 is 1. The average molecular weight is 488 g/mol. The molecule has 0 spiro atoms. The molecule has 0 bridgehead atoms. The number of allylic oxidation sites excluding steroid dienone is 1. The van der Waals surface area contributed by atoms with E-state index < -0.39 is 24.3 Å². The molecule has 188 valence electrons. The fourth-order valence-electron chi connectivity index (χ4n) is 4.03. The summed E-state index contributed by atoms with van der Waals surface area (Å²) < 4.78 is 16.0. The average Bonchev–Trinajstić information content (AvgIpc) is 2.93. The van der Waals surface area contributed by atoms with Crippen molar-refractivity contribution in [2.45, 2.75) is 45.2 Å². The summed E-state index contributed by atoms with van der Waals surface area (Å²) in [5, 5.41) is 0. The van der Waals surface area contributed by atoms with Crippen molar-refractivity contribution < 1.29 is 23.8 Å². The number of esters is 1. The minimum Gasteiger partial charge on any atom is -0.466 e. The van der Waals surface area contributed by atoms with E-state index in [0.717, 1.165) is 16.7 Å². The van der Waals surface area contributed by atoms with Gasteiger partial charge in [-0.2, -0.15) is 0 Å². The Labute approximate surface area is 213 Å². The number of ether oxygens (including phenoxy) is 3. The minimum absolute atomic E-state index is 0.0377. The van der Waals surface area contributed by atoms with Gasteiger partial charge < -0.3 is 14.2 Å². The third kappa shape index (κ3) is 7.55. The molecule has 0 amide bonds. The third-order valence-corrected chi connectivity index (χ3v) is 5.93. The van der Waals surface area contributed by atoms with Crippen LogP contribution >= 0.6 is 0 Å². The fraction of sp³-hybridized carbons (Fsp3) is 0.267. The van der Waals surface area contributed by atoms with Crippen molar-refractivity contribution in [3.05, 3.63) is 120 Å². The van der Waals surface area contributed by atoms with Gasteiger partial charge >= 0.3 is 12.1 Å². The Balaban J connectivity index is 1.91. The molecule has 36 heavy (non-hydrogen) atoms. The predicted molar refractivity (Wildman–Crippen MR) is 139 cm³/mol. The molecule has 0 saturated carbocycles. The van der Waals surface area contributed by atoms with Crippen LogP contribution in [-0.2, 0) is 32.2 Å². The zero-order valence-electron chi connectivity index (χ0n) is 20.9. The number of hydrogen-bond donors (Lipinski definition) is 0. The maximum absolute atomic E-state index is 12.9. The van der Waals surface area contributed by atoms with Crippen LogP contribution in [0.4, 0.5) is 4.79 Å². The molecule has 3 rings (SSSR count). The Morgan fingerprint density at radius 3 is 1.97 bits per heavy atom. The molecule has 0 aliphatic heterocycles. The number of benzene rings is 3. The van der Waals surface area contributed by atoms with E-state index in [4.69, 9.17) is 14.2 Å². The molecule has 6 heteroatoms. The molecule has 0 fully saturated rings. The molecule has 0 aliphatic rings. The van der Waals surface area contributed by atoms with Crippen molar-refractivity contribution >= 4 is 12.1 Å². The summed E-state index contributed by atoms with van der Waals surface area (Å²) in [7, 11) is 1.28. The van der Waals surface area contributed by atoms with Crippen molar-refractivity contribution in [1.82, 2.24) is 4.90 Å². The van der Waals surface area contributed by atoms with Gasteiger partial charge in [-0.15, -0.1) is 0 Å². The molecule has 0 aromatic heterocycles. The van der Waals surface area contributed by atoms with Gasteiger partial charge in [0.1, 0.15) is 6.61 Å². The van der Waals surface area contributed by atoms with Crippen molar-refractivity contribution in [2.24, 2.45) is 0 Å². The highest BCUT2D eigenvalue weighted by Gasteiger charge is 2.38. The van der Waals surface area contributed by atoms with Crippen molar-refractivity contribution in [2.75, 3.05) is 7.11 Å². The SMILES string of the molecule is C/C=C/[C@H]([C@@H](OC(=O)OCc1ccccc1)C(=O)OC)N(Cc1ccccc1)[C@H](C)c1ccccc1. The predicted octanol–water partition coefficient (Wildman–Crippen LogP) is 6.09. The minimum atomic E-state index is -1.23. The number of carbonyl (C=O) groups excluding carboxylic acids is 2. The Morgan fingerprint density at radius 1 is 0.861 bits per heavy atom. The first-order valence-electron chi connectivity index (χ1n) is 12.0. The summed E-state index contributed by atoms with van der Waals surface area (Å²) in [6, 6.07) is 28.5. The van der Waals surface area contributed by atoms with Crippen LogP contribution in [-0.4, -0.2) is 36.3 Å². The van der Waals surface area contributed by atoms with Gasteiger partial charge in [0, 0.05) is 12.6 Å². The molecule has 0 heterocycles. The van der Waals surface area contributed by atoms with Crippen molar-refractivity contribution in [3.8, 4) is 0 Å². The van der Waals surface area contributed by atoms with E-state index in [1.807, 2.05) is 110 Å². The third-order valence-electron chi connectivity index (χ3n) is 5.93. The molecular weight excluding hydrogens is 454 g/mol. The van der Waals surface area contributed by atoms with Crippen molar-refractivity contribution in [1.29, 1.82) is 0 Å². The molecule has 0 saturated heterocycles. The molecule has 0 unspecified atom stereocenters. The summed E-state index contributed by atoms with van der Waals surface area (Å²) in [5.74, 6) is -0.659. The van der Waals surface area contributed by atoms with Gasteiger partial charge in [0.15, 0.2) is 0 Å². The van der Waals surface area contributed by atoms with Gasteiger partial charge in [0.2, 0.25) is 6.10 Å². The Kier molecular flexibility index (Phi) is 10.3. The molecule has 0 radical (unpaired) electrons. The van der Waals surface area contributed by atoms with Gasteiger partial charge in [-0.1, -0.05) is 103 Å². The summed E-state index contributed by atoms with van der Waals surface area (Å²) in [4.78, 5) is 27.7. The maximum Gasteiger partial charge on any atom is 0.509 e. The van der Waals surface area contributed by atoms with Gasteiger partial charge in [-0.05, 0) is 30.5 Å². The van der Waals surface area contributed by atoms with Crippen LogP contribution in [0.1, 0.15) is 36.6 Å². The van der Waals surface area contributed by atoms with Crippen LogP contribution in [0.15, 0.2) is 103 Å². The Hall–Kier alpha value is -3.90. The second-order valence-corrected chi connectivity index (χ2v) is 8.35. The molecule has 3 aromatic rings. The van der Waals surface area contributed by atoms with E-state index >= 15 is 0 Å². The number of rotatable bonds is 11. The molecule has 0 N–H and O–H groups in total. The van der Waals surface area contributed by atoms with Crippen LogP contribution in [0.25, 0.3) is 0 Å². The second kappa shape index (κ2) is 13.9. The number of hydrogen-bond acceptors (Lipinski definition) is 6. The summed E-state index contributed by atoms with van der Waals surface area (Å²) in [6.45, 7) is 4.48. The maximum atomic E-state index is 12.9. The monoisotopic (exact) mass is 487 g/mol. The van der Waals surface area contributed by atoms with Crippen LogP contribution in [0.3, 0.4) is 0 Å². The van der Waals surface area contributed by atoms with Gasteiger partial charge in [0.25, 0.3) is 0 Å². The van der Waals surface area contributed by atoms with E-state index in [0.29, 0.717) is 6.54 Å². The normalized spacial score (nSPS) is 13.7. The molecule has 3 aromatic carbocycles. The van der Waals surface area contributed by atoms with E-state index in [1.165, 1.54) is 7.11 Å². The molecule has 6 nitrogen and oxygen atoms in total. The molecular formula is C30H33NO5. The lowest BCUT2D eigenvalue weighted by atomic mass is 10.00. The van der Waals surface area contributed by atoms with Crippen LogP contribution in [0, 0.1) is 0 Å². The largest absolute Gasteiger partial charge is 0.509 e. The standard InChI is InChI=1S/C30H33NO5/c1-4-14-27(28(29(32)34-3)36-30(33)35-22-25-17-10-6-11-18-25)31(21-24-15-8-5-9-16-24)23(2)26-19-12-7-13-20-26/h4-20,23,27-28H,21-22H2,1-3H3/b14-4+/t23-,27-,28-/m1/s1. The Morgan fingerprint density at radius 2 is 1.42 bits per heavy atom. The van der Waals surface area contributed by atoms with Gasteiger partial charge in [-0.3, -0.25) is 4.90 Å². The van der Waals surface area contributed by atoms with E-state index in [2.05, 4.69) is 11.8 Å². The summed E-state index contributed by atoms with van der Waals surface area (Å²) >= 11 is 0. The van der Waals surface area contributed by atoms with E-state index in [-0.39, 0.29) is 12.6 Å². The van der Waals surface area contributed by atoms with Gasteiger partial charge in [-0.25, -0.2) is 9.59 Å². The topological polar surface area (TPSA) is 65.1 Å². The zero-order valence-corrected chi connectivity index (χ0v) is 20.9. The van der Waals surface area contributed by atoms with E-state index in [1.54, 1.807) is 0 Å². The first-order valence-corrected chi connectivity index (χ1v) is 12.0. The van der Waals surface area contributed by atoms with E-state index in [9.17, 15) is 9.59 Å². The lowest BCUT2D eigenvalue weighted by molar-refractivity contribution is -0.156. The smallest absolute Gasteiger partial charge is 0.466 e. The number of nitrogens with zero attached hydrogens (tertiary/aromatic N) is 1. The van der Waals surface area contributed by atoms with Crippen LogP contribution in [0.2, 0.25) is 0 Å². The summed E-state index contributed by atoms with van der Waals surface area (Å²) in [5.41, 5.74) is 2.95. The highest BCUT2D eigenvalue weighted by Crippen LogP contribution is 2.28. The molecule has 3 atom stereocenters. The molecule has 0 aliphatic carbocycles. The fourth-order valence-corrected chi connectivity index (χ4v) is 4.03. The highest BCUT2D eigenvalue weighted by molar-refractivity contribution is 5.78. The van der Waals surface area contributed by atoms with Crippen molar-refractivity contribution in [3.63, 3.8) is 0 Å². The number of carbonyl (C=O) groups is 2. The Bertz CT molecular complexity index is 1100. The lowest BCUT2D eigenvalue weighted by Gasteiger charge is -2.38. The summed E-state index contributed by atoms with van der Waals surface area (Å²) in [6.07, 6.45) is 1.53. The lowest BCUT2D eigenvalue weighted by Crippen LogP contribution is -2.49. The van der Waals surface area contributed by atoms with Gasteiger partial charge in [0.05, 0.1) is 13.2 Å². The first kappa shape index (κ1) is 26.7. The quantitative estimate of drug-likeness (QED) is 0.241. The highest BCUT2D eigenvalue weighted by atomic mass is 16.7. The van der Waals surface area contributed by atoms with Crippen LogP contribution < -0.4 is 0 Å².